The van der Waals surface area contributed by atoms with Crippen molar-refractivity contribution in [1.82, 2.24) is 5.32 Å². The molecule has 0 saturated heterocycles. The van der Waals surface area contributed by atoms with Gasteiger partial charge in [0, 0.05) is 24.3 Å². The van der Waals surface area contributed by atoms with Gasteiger partial charge in [0.25, 0.3) is 5.91 Å². The van der Waals surface area contributed by atoms with E-state index in [9.17, 15) is 9.59 Å². The van der Waals surface area contributed by atoms with Gasteiger partial charge in [-0.05, 0) is 49.4 Å². The van der Waals surface area contributed by atoms with Gasteiger partial charge in [0.1, 0.15) is 0 Å². The van der Waals surface area contributed by atoms with Crippen LogP contribution in [0.4, 0.5) is 5.69 Å². The number of nitrogens with one attached hydrogen (secondary N) is 2. The highest BCUT2D eigenvalue weighted by molar-refractivity contribution is 5.95. The van der Waals surface area contributed by atoms with Crippen molar-refractivity contribution < 1.29 is 14.7 Å². The van der Waals surface area contributed by atoms with Crippen molar-refractivity contribution in [3.8, 4) is 0 Å². The molecule has 1 aliphatic carbocycles. The highest BCUT2D eigenvalue weighted by Gasteiger charge is 2.50. The van der Waals surface area contributed by atoms with Gasteiger partial charge in [-0.1, -0.05) is 0 Å². The quantitative estimate of drug-likeness (QED) is 0.780. The summed E-state index contributed by atoms with van der Waals surface area (Å²) in [4.78, 5) is 23.2. The summed E-state index contributed by atoms with van der Waals surface area (Å²) in [5.41, 5.74) is 2.14. The summed E-state index contributed by atoms with van der Waals surface area (Å²) in [5.74, 6) is -1.00. The molecule has 1 saturated carbocycles. The van der Waals surface area contributed by atoms with Crippen LogP contribution in [-0.4, -0.2) is 30.1 Å². The number of carbonyl (C=O) groups is 2. The fraction of sp³-hybridized carbons (Fsp3) is 0.467. The van der Waals surface area contributed by atoms with Crippen molar-refractivity contribution in [2.75, 3.05) is 18.4 Å². The molecule has 3 rings (SSSR count). The van der Waals surface area contributed by atoms with Crippen LogP contribution in [0.15, 0.2) is 18.2 Å². The van der Waals surface area contributed by atoms with E-state index in [2.05, 4.69) is 10.6 Å². The van der Waals surface area contributed by atoms with Crippen LogP contribution >= 0.6 is 0 Å². The minimum atomic E-state index is -0.813. The Kier molecular flexibility index (Phi) is 3.12. The van der Waals surface area contributed by atoms with Gasteiger partial charge in [-0.15, -0.1) is 0 Å². The Hall–Kier alpha value is -2.04. The van der Waals surface area contributed by atoms with E-state index in [0.717, 1.165) is 30.6 Å². The van der Waals surface area contributed by atoms with E-state index < -0.39 is 11.4 Å². The SMILES string of the molecule is O=C(NCC1(C(=O)O)CC1)c1ccc2c(c1)CCCN2. The van der Waals surface area contributed by atoms with E-state index in [4.69, 9.17) is 5.11 Å². The zero-order valence-electron chi connectivity index (χ0n) is 11.2. The highest BCUT2D eigenvalue weighted by Crippen LogP contribution is 2.45. The van der Waals surface area contributed by atoms with Crippen LogP contribution in [0.5, 0.6) is 0 Å². The van der Waals surface area contributed by atoms with Crippen molar-refractivity contribution in [2.24, 2.45) is 5.41 Å². The van der Waals surface area contributed by atoms with Crippen molar-refractivity contribution >= 4 is 17.6 Å². The molecule has 0 radical (unpaired) electrons. The summed E-state index contributed by atoms with van der Waals surface area (Å²) in [6.45, 7) is 1.19. The number of hydrogen-bond acceptors (Lipinski definition) is 3. The van der Waals surface area contributed by atoms with Crippen LogP contribution in [0.1, 0.15) is 35.2 Å². The lowest BCUT2D eigenvalue weighted by Crippen LogP contribution is -2.34. The third-order valence-electron chi connectivity index (χ3n) is 4.20. The first-order chi connectivity index (χ1) is 9.61. The Bertz CT molecular complexity index is 564. The van der Waals surface area contributed by atoms with Crippen LogP contribution in [-0.2, 0) is 11.2 Å². The van der Waals surface area contributed by atoms with Crippen molar-refractivity contribution in [3.63, 3.8) is 0 Å². The maximum atomic E-state index is 12.1. The van der Waals surface area contributed by atoms with Gasteiger partial charge < -0.3 is 15.7 Å². The summed E-state index contributed by atoms with van der Waals surface area (Å²) in [7, 11) is 0. The van der Waals surface area contributed by atoms with Gasteiger partial charge in [0.15, 0.2) is 0 Å². The predicted molar refractivity (Wildman–Crippen MR) is 74.9 cm³/mol. The number of anilines is 1. The van der Waals surface area contributed by atoms with Gasteiger partial charge >= 0.3 is 5.97 Å². The topological polar surface area (TPSA) is 78.4 Å². The lowest BCUT2D eigenvalue weighted by atomic mass is 10.0. The summed E-state index contributed by atoms with van der Waals surface area (Å²) in [6.07, 6.45) is 3.34. The molecule has 3 N–H and O–H groups in total. The molecule has 0 aromatic heterocycles. The number of fused-ring (bicyclic) bond motifs is 1. The largest absolute Gasteiger partial charge is 0.481 e. The second kappa shape index (κ2) is 4.81. The van der Waals surface area contributed by atoms with Crippen LogP contribution in [0.3, 0.4) is 0 Å². The zero-order valence-corrected chi connectivity index (χ0v) is 11.2. The Morgan fingerprint density at radius 3 is 2.85 bits per heavy atom. The van der Waals surface area contributed by atoms with Gasteiger partial charge in [0.2, 0.25) is 0 Å². The van der Waals surface area contributed by atoms with Gasteiger partial charge in [0.05, 0.1) is 5.41 Å². The molecule has 5 heteroatoms. The standard InChI is InChI=1S/C15H18N2O3/c18-13(17-9-15(5-6-15)14(19)20)11-3-4-12-10(8-11)2-1-7-16-12/h3-4,8,16H,1-2,5-7,9H2,(H,17,18)(H,19,20). The lowest BCUT2D eigenvalue weighted by Gasteiger charge is -2.18. The molecule has 1 heterocycles. The molecule has 1 aromatic carbocycles. The average Bonchev–Trinajstić information content (AvgIpc) is 3.25. The Balaban J connectivity index is 1.67. The molecule has 20 heavy (non-hydrogen) atoms. The van der Waals surface area contributed by atoms with E-state index in [0.29, 0.717) is 18.4 Å². The molecule has 1 amide bonds. The number of hydrogen-bond donors (Lipinski definition) is 3. The number of rotatable bonds is 4. The second-order valence-corrected chi connectivity index (χ2v) is 5.67. The normalized spacial score (nSPS) is 18.6. The zero-order chi connectivity index (χ0) is 14.2. The molecule has 0 bridgehead atoms. The fourth-order valence-corrected chi connectivity index (χ4v) is 2.58. The first-order valence-corrected chi connectivity index (χ1v) is 6.99. The number of aryl methyl sites for hydroxylation is 1. The first kappa shape index (κ1) is 13.0. The minimum absolute atomic E-state index is 0.189. The number of carbonyl (C=O) groups excluding carboxylic acids is 1. The molecule has 5 nitrogen and oxygen atoms in total. The number of carboxylic acid groups (broad SMARTS) is 1. The molecule has 0 unspecified atom stereocenters. The smallest absolute Gasteiger partial charge is 0.311 e. The van der Waals surface area contributed by atoms with E-state index in [-0.39, 0.29) is 12.5 Å². The summed E-state index contributed by atoms with van der Waals surface area (Å²) >= 11 is 0. The van der Waals surface area contributed by atoms with E-state index in [1.54, 1.807) is 6.07 Å². The van der Waals surface area contributed by atoms with Gasteiger partial charge in [-0.25, -0.2) is 0 Å². The summed E-state index contributed by atoms with van der Waals surface area (Å²) in [5, 5.41) is 15.1. The van der Waals surface area contributed by atoms with Crippen molar-refractivity contribution in [3.05, 3.63) is 29.3 Å². The Morgan fingerprint density at radius 1 is 1.35 bits per heavy atom. The van der Waals surface area contributed by atoms with E-state index >= 15 is 0 Å². The van der Waals surface area contributed by atoms with Crippen molar-refractivity contribution in [2.45, 2.75) is 25.7 Å². The minimum Gasteiger partial charge on any atom is -0.481 e. The number of benzene rings is 1. The first-order valence-electron chi connectivity index (χ1n) is 6.99. The third kappa shape index (κ3) is 2.35. The predicted octanol–water partition coefficient (Wildman–Crippen LogP) is 1.64. The lowest BCUT2D eigenvalue weighted by molar-refractivity contribution is -0.143. The van der Waals surface area contributed by atoms with Crippen LogP contribution in [0.25, 0.3) is 0 Å². The maximum absolute atomic E-state index is 12.1. The molecule has 0 spiro atoms. The number of aliphatic carboxylic acids is 1. The molecule has 1 aromatic rings. The van der Waals surface area contributed by atoms with Crippen LogP contribution < -0.4 is 10.6 Å². The molecular formula is C15H18N2O3. The maximum Gasteiger partial charge on any atom is 0.311 e. The Morgan fingerprint density at radius 2 is 2.15 bits per heavy atom. The fourth-order valence-electron chi connectivity index (χ4n) is 2.58. The van der Waals surface area contributed by atoms with Crippen LogP contribution in [0, 0.1) is 5.41 Å². The van der Waals surface area contributed by atoms with Crippen molar-refractivity contribution in [1.29, 1.82) is 0 Å². The molecule has 1 fully saturated rings. The van der Waals surface area contributed by atoms with E-state index in [1.807, 2.05) is 12.1 Å². The van der Waals surface area contributed by atoms with Gasteiger partial charge in [-0.3, -0.25) is 9.59 Å². The Labute approximate surface area is 117 Å². The van der Waals surface area contributed by atoms with Crippen LogP contribution in [0.2, 0.25) is 0 Å². The molecule has 0 atom stereocenters. The van der Waals surface area contributed by atoms with Gasteiger partial charge in [-0.2, -0.15) is 0 Å². The molecule has 1 aliphatic heterocycles. The molecule has 106 valence electrons. The third-order valence-corrected chi connectivity index (χ3v) is 4.20. The second-order valence-electron chi connectivity index (χ2n) is 5.67. The monoisotopic (exact) mass is 274 g/mol. The molecule has 2 aliphatic rings. The number of amides is 1. The van der Waals surface area contributed by atoms with E-state index in [1.165, 1.54) is 0 Å². The summed E-state index contributed by atoms with van der Waals surface area (Å²) < 4.78 is 0. The average molecular weight is 274 g/mol. The summed E-state index contributed by atoms with van der Waals surface area (Å²) in [6, 6.07) is 5.61. The number of carboxylic acids is 1. The molecular weight excluding hydrogens is 256 g/mol. The highest BCUT2D eigenvalue weighted by atomic mass is 16.4.